The molecule has 0 atom stereocenters. The van der Waals surface area contributed by atoms with Gasteiger partial charge in [-0.25, -0.2) is 0 Å². The van der Waals surface area contributed by atoms with Crippen LogP contribution >= 0.6 is 0 Å². The number of likely N-dealkylation sites (N-methyl/N-ethyl adjacent to an activating group) is 1. The summed E-state index contributed by atoms with van der Waals surface area (Å²) in [4.78, 5) is 10.4. The zero-order valence-electron chi connectivity index (χ0n) is 8.06. The molecule has 0 aliphatic heterocycles. The maximum Gasteiger partial charge on any atom is 0.0726 e. The molecular weight excluding hydrogens is 166 g/mol. The lowest BCUT2D eigenvalue weighted by Gasteiger charge is -2.13. The minimum absolute atomic E-state index is 0.176. The Kier molecular flexibility index (Phi) is 3.79. The lowest BCUT2D eigenvalue weighted by atomic mass is 10.4. The number of aliphatic hydroxyl groups is 1. The summed E-state index contributed by atoms with van der Waals surface area (Å²) in [5.41, 5.74) is 1.86. The maximum atomic E-state index is 8.68. The first-order valence-electron chi connectivity index (χ1n) is 4.29. The topological polar surface area (TPSA) is 49.2 Å². The van der Waals surface area contributed by atoms with Crippen LogP contribution in [0.1, 0.15) is 11.4 Å². The SMILES string of the molecule is Cc1cnc(CN(C)CCO)cn1. The molecule has 72 valence electrons. The van der Waals surface area contributed by atoms with Gasteiger partial charge in [-0.15, -0.1) is 0 Å². The second-order valence-corrected chi connectivity index (χ2v) is 3.11. The molecule has 0 aliphatic rings. The fourth-order valence-electron chi connectivity index (χ4n) is 1.03. The summed E-state index contributed by atoms with van der Waals surface area (Å²) in [5, 5.41) is 8.68. The van der Waals surface area contributed by atoms with Gasteiger partial charge in [0.15, 0.2) is 0 Å². The standard InChI is InChI=1S/C9H15N3O/c1-8-5-11-9(6-10-8)7-12(2)3-4-13/h5-6,13H,3-4,7H2,1-2H3. The number of nitrogens with zero attached hydrogens (tertiary/aromatic N) is 3. The van der Waals surface area contributed by atoms with Crippen LogP contribution in [0, 0.1) is 6.92 Å². The lowest BCUT2D eigenvalue weighted by molar-refractivity contribution is 0.216. The Morgan fingerprint density at radius 1 is 1.38 bits per heavy atom. The highest BCUT2D eigenvalue weighted by Gasteiger charge is 2.00. The zero-order valence-corrected chi connectivity index (χ0v) is 8.06. The van der Waals surface area contributed by atoms with Crippen LogP contribution in [0.15, 0.2) is 12.4 Å². The zero-order chi connectivity index (χ0) is 9.68. The molecule has 0 saturated heterocycles. The Labute approximate surface area is 78.2 Å². The van der Waals surface area contributed by atoms with Crippen LogP contribution in [-0.4, -0.2) is 40.2 Å². The first-order valence-corrected chi connectivity index (χ1v) is 4.29. The lowest BCUT2D eigenvalue weighted by Crippen LogP contribution is -2.22. The molecule has 0 bridgehead atoms. The van der Waals surface area contributed by atoms with Crippen molar-refractivity contribution < 1.29 is 5.11 Å². The maximum absolute atomic E-state index is 8.68. The van der Waals surface area contributed by atoms with E-state index in [4.69, 9.17) is 5.11 Å². The van der Waals surface area contributed by atoms with E-state index in [-0.39, 0.29) is 6.61 Å². The van der Waals surface area contributed by atoms with Gasteiger partial charge in [-0.3, -0.25) is 14.9 Å². The third-order valence-electron chi connectivity index (χ3n) is 1.75. The fraction of sp³-hybridized carbons (Fsp3) is 0.556. The average molecular weight is 181 g/mol. The monoisotopic (exact) mass is 181 g/mol. The van der Waals surface area contributed by atoms with Crippen LogP contribution in [0.3, 0.4) is 0 Å². The van der Waals surface area contributed by atoms with E-state index in [1.807, 2.05) is 18.9 Å². The van der Waals surface area contributed by atoms with Crippen molar-refractivity contribution in [2.24, 2.45) is 0 Å². The number of aryl methyl sites for hydroxylation is 1. The van der Waals surface area contributed by atoms with Crippen molar-refractivity contribution in [2.75, 3.05) is 20.2 Å². The van der Waals surface area contributed by atoms with E-state index < -0.39 is 0 Å². The minimum atomic E-state index is 0.176. The summed E-state index contributed by atoms with van der Waals surface area (Å²) in [6.45, 7) is 3.48. The van der Waals surface area contributed by atoms with Gasteiger partial charge < -0.3 is 5.11 Å². The largest absolute Gasteiger partial charge is 0.395 e. The summed E-state index contributed by atoms with van der Waals surface area (Å²) in [6, 6.07) is 0. The second-order valence-electron chi connectivity index (χ2n) is 3.11. The van der Waals surface area contributed by atoms with E-state index in [0.29, 0.717) is 6.54 Å². The summed E-state index contributed by atoms with van der Waals surface area (Å²) in [7, 11) is 1.94. The van der Waals surface area contributed by atoms with E-state index in [9.17, 15) is 0 Å². The van der Waals surface area contributed by atoms with Gasteiger partial charge >= 0.3 is 0 Å². The summed E-state index contributed by atoms with van der Waals surface area (Å²) < 4.78 is 0. The molecule has 0 amide bonds. The normalized spacial score (nSPS) is 10.8. The molecular formula is C9H15N3O. The molecule has 1 aromatic heterocycles. The summed E-state index contributed by atoms with van der Waals surface area (Å²) >= 11 is 0. The predicted molar refractivity (Wildman–Crippen MR) is 50.2 cm³/mol. The number of aromatic nitrogens is 2. The van der Waals surface area contributed by atoms with Gasteiger partial charge in [0.05, 0.1) is 18.0 Å². The quantitative estimate of drug-likeness (QED) is 0.721. The molecule has 0 fully saturated rings. The Morgan fingerprint density at radius 2 is 2.15 bits per heavy atom. The molecule has 1 N–H and O–H groups in total. The molecule has 0 saturated carbocycles. The fourth-order valence-corrected chi connectivity index (χ4v) is 1.03. The average Bonchev–Trinajstić information content (AvgIpc) is 2.09. The van der Waals surface area contributed by atoms with Crippen LogP contribution in [0.5, 0.6) is 0 Å². The highest BCUT2D eigenvalue weighted by molar-refractivity contribution is 5.00. The third-order valence-corrected chi connectivity index (χ3v) is 1.75. The third kappa shape index (κ3) is 3.48. The number of hydrogen-bond donors (Lipinski definition) is 1. The smallest absolute Gasteiger partial charge is 0.0726 e. The molecule has 0 radical (unpaired) electrons. The van der Waals surface area contributed by atoms with Gasteiger partial charge in [0, 0.05) is 25.5 Å². The van der Waals surface area contributed by atoms with Crippen LogP contribution in [-0.2, 0) is 6.54 Å². The highest BCUT2D eigenvalue weighted by atomic mass is 16.3. The van der Waals surface area contributed by atoms with Crippen molar-refractivity contribution in [1.29, 1.82) is 0 Å². The van der Waals surface area contributed by atoms with E-state index in [2.05, 4.69) is 9.97 Å². The summed E-state index contributed by atoms with van der Waals surface area (Å²) in [6.07, 6.45) is 3.52. The van der Waals surface area contributed by atoms with E-state index >= 15 is 0 Å². The first kappa shape index (κ1) is 10.1. The molecule has 1 heterocycles. The molecule has 0 aromatic carbocycles. The van der Waals surface area contributed by atoms with Crippen molar-refractivity contribution in [3.8, 4) is 0 Å². The molecule has 0 spiro atoms. The number of aliphatic hydroxyl groups excluding tert-OH is 1. The Bertz CT molecular complexity index is 248. The van der Waals surface area contributed by atoms with Crippen molar-refractivity contribution in [3.63, 3.8) is 0 Å². The molecule has 4 nitrogen and oxygen atoms in total. The van der Waals surface area contributed by atoms with Crippen molar-refractivity contribution in [3.05, 3.63) is 23.8 Å². The number of rotatable bonds is 4. The van der Waals surface area contributed by atoms with Gasteiger partial charge in [0.1, 0.15) is 0 Å². The molecule has 1 aromatic rings. The molecule has 0 unspecified atom stereocenters. The Balaban J connectivity index is 2.49. The van der Waals surface area contributed by atoms with Crippen LogP contribution in [0.2, 0.25) is 0 Å². The second kappa shape index (κ2) is 4.89. The van der Waals surface area contributed by atoms with Crippen molar-refractivity contribution in [1.82, 2.24) is 14.9 Å². The number of hydrogen-bond acceptors (Lipinski definition) is 4. The molecule has 1 rings (SSSR count). The van der Waals surface area contributed by atoms with E-state index in [1.165, 1.54) is 0 Å². The predicted octanol–water partition coefficient (Wildman–Crippen LogP) is 0.209. The van der Waals surface area contributed by atoms with Gasteiger partial charge in [-0.2, -0.15) is 0 Å². The molecule has 0 aliphatic carbocycles. The summed E-state index contributed by atoms with van der Waals surface area (Å²) in [5.74, 6) is 0. The van der Waals surface area contributed by atoms with Crippen LogP contribution in [0.25, 0.3) is 0 Å². The van der Waals surface area contributed by atoms with Gasteiger partial charge in [0.25, 0.3) is 0 Å². The van der Waals surface area contributed by atoms with Gasteiger partial charge in [-0.1, -0.05) is 0 Å². The van der Waals surface area contributed by atoms with Crippen molar-refractivity contribution in [2.45, 2.75) is 13.5 Å². The molecule has 13 heavy (non-hydrogen) atoms. The van der Waals surface area contributed by atoms with Crippen LogP contribution < -0.4 is 0 Å². The van der Waals surface area contributed by atoms with Crippen molar-refractivity contribution >= 4 is 0 Å². The Hall–Kier alpha value is -1.00. The van der Waals surface area contributed by atoms with E-state index in [1.54, 1.807) is 12.4 Å². The highest BCUT2D eigenvalue weighted by Crippen LogP contribution is 1.97. The Morgan fingerprint density at radius 3 is 2.69 bits per heavy atom. The first-order chi connectivity index (χ1) is 6.22. The van der Waals surface area contributed by atoms with E-state index in [0.717, 1.165) is 17.9 Å². The molecule has 4 heteroatoms. The minimum Gasteiger partial charge on any atom is -0.395 e. The van der Waals surface area contributed by atoms with Gasteiger partial charge in [-0.05, 0) is 14.0 Å². The van der Waals surface area contributed by atoms with Gasteiger partial charge in [0.2, 0.25) is 0 Å². The van der Waals surface area contributed by atoms with Crippen LogP contribution in [0.4, 0.5) is 0 Å².